The second kappa shape index (κ2) is 8.84. The zero-order valence-corrected chi connectivity index (χ0v) is 21.3. The molecule has 0 spiro atoms. The van der Waals surface area contributed by atoms with E-state index in [0.29, 0.717) is 17.8 Å². The molecule has 34 heavy (non-hydrogen) atoms. The molecule has 4 nitrogen and oxygen atoms in total. The standard InChI is InChI=1S/C30H41NO3/c1-19(28(33)31-22-8-6-5-7-9-22)25-12-13-26-24-11-10-21-18-23(34-20(2)32)14-16-29(21,3)27(24)15-17-30(25,26)4/h5-10,19,23-27H,11-18H2,1-4H3,(H,31,33). The summed E-state index contributed by atoms with van der Waals surface area (Å²) in [6, 6.07) is 9.86. The van der Waals surface area contributed by atoms with Crippen LogP contribution in [0.25, 0.3) is 0 Å². The van der Waals surface area contributed by atoms with Crippen molar-refractivity contribution in [1.82, 2.24) is 0 Å². The first-order valence-electron chi connectivity index (χ1n) is 13.4. The highest BCUT2D eigenvalue weighted by molar-refractivity contribution is 5.92. The van der Waals surface area contributed by atoms with E-state index in [1.165, 1.54) is 26.2 Å². The fourth-order valence-electron chi connectivity index (χ4n) is 8.79. The molecular formula is C30H41NO3. The largest absolute Gasteiger partial charge is 0.462 e. The molecule has 1 amide bonds. The summed E-state index contributed by atoms with van der Waals surface area (Å²) in [5.41, 5.74) is 2.92. The molecule has 8 unspecified atom stereocenters. The Bertz CT molecular complexity index is 971. The first kappa shape index (κ1) is 23.6. The van der Waals surface area contributed by atoms with Gasteiger partial charge in [-0.05, 0) is 91.6 Å². The number of esters is 1. The average molecular weight is 464 g/mol. The zero-order chi connectivity index (χ0) is 24.1. The van der Waals surface area contributed by atoms with E-state index < -0.39 is 0 Å². The number of carbonyl (C=O) groups excluding carboxylic acids is 2. The maximum atomic E-state index is 13.2. The molecule has 1 aromatic carbocycles. The van der Waals surface area contributed by atoms with Crippen LogP contribution in [-0.2, 0) is 14.3 Å². The highest BCUT2D eigenvalue weighted by Crippen LogP contribution is 2.67. The van der Waals surface area contributed by atoms with Crippen LogP contribution in [0.5, 0.6) is 0 Å². The molecular weight excluding hydrogens is 422 g/mol. The predicted octanol–water partition coefficient (Wildman–Crippen LogP) is 6.77. The second-order valence-electron chi connectivity index (χ2n) is 12.1. The van der Waals surface area contributed by atoms with Crippen molar-refractivity contribution >= 4 is 17.6 Å². The van der Waals surface area contributed by atoms with E-state index in [-0.39, 0.29) is 34.7 Å². The molecule has 3 saturated carbocycles. The normalized spacial score (nSPS) is 39.6. The molecule has 0 aromatic heterocycles. The molecule has 4 heteroatoms. The molecule has 184 valence electrons. The molecule has 0 radical (unpaired) electrons. The lowest BCUT2D eigenvalue weighted by molar-refractivity contribution is -0.148. The van der Waals surface area contributed by atoms with Gasteiger partial charge in [-0.1, -0.05) is 50.6 Å². The van der Waals surface area contributed by atoms with E-state index in [1.807, 2.05) is 30.3 Å². The lowest BCUT2D eigenvalue weighted by Gasteiger charge is -2.58. The third kappa shape index (κ3) is 3.91. The molecule has 1 N–H and O–H groups in total. The van der Waals surface area contributed by atoms with Crippen molar-refractivity contribution in [2.24, 2.45) is 40.4 Å². The van der Waals surface area contributed by atoms with Crippen LogP contribution >= 0.6 is 0 Å². The van der Waals surface area contributed by atoms with Crippen LogP contribution in [0.1, 0.15) is 79.1 Å². The van der Waals surface area contributed by atoms with E-state index in [9.17, 15) is 9.59 Å². The first-order chi connectivity index (χ1) is 16.2. The van der Waals surface area contributed by atoms with Crippen molar-refractivity contribution in [1.29, 1.82) is 0 Å². The minimum atomic E-state index is -0.154. The lowest BCUT2D eigenvalue weighted by Crippen LogP contribution is -2.51. The summed E-state index contributed by atoms with van der Waals surface area (Å²) < 4.78 is 5.59. The van der Waals surface area contributed by atoms with Gasteiger partial charge in [-0.3, -0.25) is 9.59 Å². The zero-order valence-electron chi connectivity index (χ0n) is 21.3. The number of benzene rings is 1. The van der Waals surface area contributed by atoms with Gasteiger partial charge in [-0.25, -0.2) is 0 Å². The van der Waals surface area contributed by atoms with E-state index >= 15 is 0 Å². The van der Waals surface area contributed by atoms with E-state index in [2.05, 4.69) is 32.2 Å². The Hall–Kier alpha value is -2.10. The fourth-order valence-corrected chi connectivity index (χ4v) is 8.79. The summed E-state index contributed by atoms with van der Waals surface area (Å²) >= 11 is 0. The van der Waals surface area contributed by atoms with E-state index in [4.69, 9.17) is 4.74 Å². The predicted molar refractivity (Wildman–Crippen MR) is 135 cm³/mol. The molecule has 8 atom stereocenters. The summed E-state index contributed by atoms with van der Waals surface area (Å²) in [4.78, 5) is 24.7. The molecule has 0 saturated heterocycles. The van der Waals surface area contributed by atoms with Crippen LogP contribution < -0.4 is 5.32 Å². The number of ether oxygens (including phenoxy) is 1. The quantitative estimate of drug-likeness (QED) is 0.396. The van der Waals surface area contributed by atoms with Gasteiger partial charge in [-0.2, -0.15) is 0 Å². The van der Waals surface area contributed by atoms with Gasteiger partial charge in [0.2, 0.25) is 5.91 Å². The van der Waals surface area contributed by atoms with Crippen molar-refractivity contribution in [2.75, 3.05) is 5.32 Å². The minimum Gasteiger partial charge on any atom is -0.462 e. The Morgan fingerprint density at radius 3 is 2.53 bits per heavy atom. The van der Waals surface area contributed by atoms with Crippen LogP contribution in [0.4, 0.5) is 5.69 Å². The summed E-state index contributed by atoms with van der Waals surface area (Å²) in [6.45, 7) is 8.67. The Balaban J connectivity index is 1.32. The fraction of sp³-hybridized carbons (Fsp3) is 0.667. The van der Waals surface area contributed by atoms with E-state index in [1.54, 1.807) is 5.57 Å². The van der Waals surface area contributed by atoms with Crippen LogP contribution in [-0.4, -0.2) is 18.0 Å². The monoisotopic (exact) mass is 463 g/mol. The molecule has 3 fully saturated rings. The topological polar surface area (TPSA) is 55.4 Å². The summed E-state index contributed by atoms with van der Waals surface area (Å²) in [5, 5.41) is 3.16. The Kier molecular flexibility index (Phi) is 6.14. The Morgan fingerprint density at radius 2 is 1.79 bits per heavy atom. The summed E-state index contributed by atoms with van der Waals surface area (Å²) in [7, 11) is 0. The van der Waals surface area contributed by atoms with Gasteiger partial charge in [0, 0.05) is 24.9 Å². The number of hydrogen-bond acceptors (Lipinski definition) is 3. The maximum absolute atomic E-state index is 13.2. The molecule has 4 aliphatic rings. The highest BCUT2D eigenvalue weighted by Gasteiger charge is 2.59. The third-order valence-electron chi connectivity index (χ3n) is 10.5. The van der Waals surface area contributed by atoms with Crippen molar-refractivity contribution in [3.8, 4) is 0 Å². The molecule has 0 bridgehead atoms. The Morgan fingerprint density at radius 1 is 1.03 bits per heavy atom. The molecule has 0 heterocycles. The number of anilines is 1. The van der Waals surface area contributed by atoms with Gasteiger partial charge in [0.05, 0.1) is 0 Å². The van der Waals surface area contributed by atoms with Crippen molar-refractivity contribution in [2.45, 2.75) is 85.2 Å². The number of allylic oxidation sites excluding steroid dienone is 1. The van der Waals surface area contributed by atoms with Crippen LogP contribution in [0.2, 0.25) is 0 Å². The van der Waals surface area contributed by atoms with Crippen molar-refractivity contribution in [3.63, 3.8) is 0 Å². The maximum Gasteiger partial charge on any atom is 0.302 e. The van der Waals surface area contributed by atoms with Crippen molar-refractivity contribution < 1.29 is 14.3 Å². The van der Waals surface area contributed by atoms with Gasteiger partial charge >= 0.3 is 5.97 Å². The van der Waals surface area contributed by atoms with Crippen LogP contribution in [0, 0.1) is 40.4 Å². The second-order valence-corrected chi connectivity index (χ2v) is 12.1. The summed E-state index contributed by atoms with van der Waals surface area (Å²) in [5.74, 6) is 2.61. The number of para-hydroxylation sites is 1. The van der Waals surface area contributed by atoms with Crippen LogP contribution in [0.3, 0.4) is 0 Å². The van der Waals surface area contributed by atoms with E-state index in [0.717, 1.165) is 43.7 Å². The average Bonchev–Trinajstić information content (AvgIpc) is 3.16. The van der Waals surface area contributed by atoms with Gasteiger partial charge in [0.25, 0.3) is 0 Å². The first-order valence-corrected chi connectivity index (χ1v) is 13.4. The number of nitrogens with one attached hydrogen (secondary N) is 1. The Labute approximate surface area is 204 Å². The van der Waals surface area contributed by atoms with Gasteiger partial charge in [0.15, 0.2) is 0 Å². The van der Waals surface area contributed by atoms with Gasteiger partial charge < -0.3 is 10.1 Å². The molecule has 4 aliphatic carbocycles. The number of carbonyl (C=O) groups is 2. The number of rotatable bonds is 4. The number of fused-ring (bicyclic) bond motifs is 5. The van der Waals surface area contributed by atoms with Crippen LogP contribution in [0.15, 0.2) is 42.0 Å². The van der Waals surface area contributed by atoms with Gasteiger partial charge in [-0.15, -0.1) is 0 Å². The van der Waals surface area contributed by atoms with Crippen molar-refractivity contribution in [3.05, 3.63) is 42.0 Å². The third-order valence-corrected chi connectivity index (χ3v) is 10.5. The molecule has 5 rings (SSSR count). The highest BCUT2D eigenvalue weighted by atomic mass is 16.5. The molecule has 0 aliphatic heterocycles. The van der Waals surface area contributed by atoms with Gasteiger partial charge in [0.1, 0.15) is 6.10 Å². The minimum absolute atomic E-state index is 0.0243. The molecule has 1 aromatic rings. The lowest BCUT2D eigenvalue weighted by atomic mass is 9.47. The number of hydrogen-bond donors (Lipinski definition) is 1. The SMILES string of the molecule is CC(=O)OC1CCC2(C)C(=CCC3C2CCC2(C)C(C(C)C(=O)Nc4ccccc4)CCC32)C1. The number of amides is 1. The smallest absolute Gasteiger partial charge is 0.302 e. The summed E-state index contributed by atoms with van der Waals surface area (Å²) in [6.07, 6.45) is 11.6.